The van der Waals surface area contributed by atoms with Gasteiger partial charge in [-0.05, 0) is 128 Å². The lowest BCUT2D eigenvalue weighted by Gasteiger charge is -2.33. The lowest BCUT2D eigenvalue weighted by Crippen LogP contribution is -2.26. The Bertz CT molecular complexity index is 3250. The molecule has 2 nitrogen and oxygen atoms in total. The molecule has 12 rings (SSSR count). The largest absolute Gasteiger partial charge is 0.310 e. The van der Waals surface area contributed by atoms with Gasteiger partial charge < -0.3 is 9.80 Å². The Balaban J connectivity index is 1.10. The minimum atomic E-state index is -0.546. The topological polar surface area (TPSA) is 6.48 Å². The molecule has 2 heteroatoms. The molecule has 2 aliphatic rings. The van der Waals surface area contributed by atoms with Crippen LogP contribution in [0.25, 0.3) is 44.2 Å². The third-order valence-corrected chi connectivity index (χ3v) is 12.8. The third-order valence-electron chi connectivity index (χ3n) is 12.8. The second-order valence-electron chi connectivity index (χ2n) is 16.1. The summed E-state index contributed by atoms with van der Waals surface area (Å²) in [5, 5.41) is 2.45. The third kappa shape index (κ3) is 5.43. The molecule has 0 radical (unpaired) electrons. The van der Waals surface area contributed by atoms with Crippen LogP contribution in [0.1, 0.15) is 22.3 Å². The Morgan fingerprint density at radius 3 is 1.49 bits per heavy atom. The number of fused-ring (bicyclic) bond motifs is 11. The fraction of sp³-hybridized carbons (Fsp3) is 0.0169. The zero-order valence-corrected chi connectivity index (χ0v) is 33.5. The summed E-state index contributed by atoms with van der Waals surface area (Å²) in [6.45, 7) is 0. The number of hydrogen-bond donors (Lipinski definition) is 0. The lowest BCUT2D eigenvalue weighted by molar-refractivity contribution is 0.793. The van der Waals surface area contributed by atoms with Crippen LogP contribution in [-0.2, 0) is 5.41 Å². The Kier molecular flexibility index (Phi) is 8.11. The van der Waals surface area contributed by atoms with E-state index in [2.05, 4.69) is 252 Å². The van der Waals surface area contributed by atoms with E-state index in [0.29, 0.717) is 0 Å². The van der Waals surface area contributed by atoms with Gasteiger partial charge >= 0.3 is 0 Å². The fourth-order valence-electron chi connectivity index (χ4n) is 10.3. The molecule has 0 saturated carbocycles. The molecule has 0 saturated heterocycles. The van der Waals surface area contributed by atoms with Gasteiger partial charge in [0.05, 0.1) is 11.1 Å². The van der Waals surface area contributed by atoms with Gasteiger partial charge in [0.1, 0.15) is 0 Å². The number of benzene rings is 10. The van der Waals surface area contributed by atoms with E-state index in [1.807, 2.05) is 0 Å². The highest BCUT2D eigenvalue weighted by atomic mass is 15.1. The van der Waals surface area contributed by atoms with Crippen LogP contribution in [0.4, 0.5) is 34.1 Å². The fourth-order valence-corrected chi connectivity index (χ4v) is 10.3. The molecule has 0 heterocycles. The van der Waals surface area contributed by atoms with Crippen molar-refractivity contribution in [3.63, 3.8) is 0 Å². The maximum atomic E-state index is 2.48. The van der Waals surface area contributed by atoms with Crippen LogP contribution < -0.4 is 9.80 Å². The van der Waals surface area contributed by atoms with Crippen molar-refractivity contribution in [2.24, 2.45) is 0 Å². The molecule has 0 N–H and O–H groups in total. The smallest absolute Gasteiger partial charge is 0.0727 e. The predicted molar refractivity (Wildman–Crippen MR) is 255 cm³/mol. The van der Waals surface area contributed by atoms with E-state index < -0.39 is 5.41 Å². The molecule has 1 spiro atoms. The number of anilines is 6. The van der Waals surface area contributed by atoms with Crippen molar-refractivity contribution in [2.75, 3.05) is 9.80 Å². The molecule has 1 atom stereocenters. The molecule has 0 bridgehead atoms. The molecule has 0 aromatic heterocycles. The SMILES string of the molecule is c1ccc(-c2ccc(N(c3ccccc3)c3ccc4c(c3)C3(c5ccccc5-4)c4ccccc4-c4c(N(c5ccccc5)c5ccc6ccccc6c5)cccc43)cc2)cc1. The van der Waals surface area contributed by atoms with Gasteiger partial charge in [0, 0.05) is 34.0 Å². The minimum Gasteiger partial charge on any atom is -0.310 e. The van der Waals surface area contributed by atoms with Crippen molar-refractivity contribution >= 4 is 44.9 Å². The summed E-state index contributed by atoms with van der Waals surface area (Å²) in [5.74, 6) is 0. The van der Waals surface area contributed by atoms with Crippen molar-refractivity contribution in [2.45, 2.75) is 5.41 Å². The second-order valence-corrected chi connectivity index (χ2v) is 16.1. The van der Waals surface area contributed by atoms with Crippen LogP contribution in [0, 0.1) is 0 Å². The highest BCUT2D eigenvalue weighted by Gasteiger charge is 2.52. The van der Waals surface area contributed by atoms with E-state index in [-0.39, 0.29) is 0 Å². The second kappa shape index (κ2) is 14.1. The molecule has 1 unspecified atom stereocenters. The zero-order valence-electron chi connectivity index (χ0n) is 33.5. The molecule has 61 heavy (non-hydrogen) atoms. The van der Waals surface area contributed by atoms with E-state index in [4.69, 9.17) is 0 Å². The highest BCUT2D eigenvalue weighted by molar-refractivity contribution is 6.02. The Morgan fingerprint density at radius 1 is 0.262 bits per heavy atom. The minimum absolute atomic E-state index is 0.546. The summed E-state index contributed by atoms with van der Waals surface area (Å²) in [4.78, 5) is 4.86. The number of hydrogen-bond acceptors (Lipinski definition) is 2. The van der Waals surface area contributed by atoms with Crippen molar-refractivity contribution in [1.29, 1.82) is 0 Å². The molecule has 2 aliphatic carbocycles. The molecule has 286 valence electrons. The van der Waals surface area contributed by atoms with Crippen LogP contribution in [0.3, 0.4) is 0 Å². The Labute approximate surface area is 356 Å². The summed E-state index contributed by atoms with van der Waals surface area (Å²) in [7, 11) is 0. The van der Waals surface area contributed by atoms with Gasteiger partial charge in [-0.25, -0.2) is 0 Å². The Morgan fingerprint density at radius 2 is 0.754 bits per heavy atom. The zero-order chi connectivity index (χ0) is 40.3. The first kappa shape index (κ1) is 35.0. The maximum absolute atomic E-state index is 2.48. The average molecular weight is 777 g/mol. The van der Waals surface area contributed by atoms with Crippen molar-refractivity contribution < 1.29 is 0 Å². The van der Waals surface area contributed by atoms with Crippen LogP contribution in [0.15, 0.2) is 243 Å². The lowest BCUT2D eigenvalue weighted by atomic mass is 9.70. The van der Waals surface area contributed by atoms with E-state index in [1.54, 1.807) is 0 Å². The quantitative estimate of drug-likeness (QED) is 0.159. The van der Waals surface area contributed by atoms with Crippen molar-refractivity contribution in [3.8, 4) is 33.4 Å². The monoisotopic (exact) mass is 776 g/mol. The van der Waals surface area contributed by atoms with Gasteiger partial charge in [0.15, 0.2) is 0 Å². The van der Waals surface area contributed by atoms with Crippen LogP contribution >= 0.6 is 0 Å². The number of nitrogens with zero attached hydrogens (tertiary/aromatic N) is 2. The summed E-state index contributed by atoms with van der Waals surface area (Å²) in [5.41, 5.74) is 18.9. The van der Waals surface area contributed by atoms with Gasteiger partial charge in [0.25, 0.3) is 0 Å². The van der Waals surface area contributed by atoms with Gasteiger partial charge in [-0.3, -0.25) is 0 Å². The highest BCUT2D eigenvalue weighted by Crippen LogP contribution is 2.65. The van der Waals surface area contributed by atoms with Crippen LogP contribution in [0.2, 0.25) is 0 Å². The summed E-state index contributed by atoms with van der Waals surface area (Å²) in [6, 6.07) is 89.0. The van der Waals surface area contributed by atoms with E-state index in [1.165, 1.54) is 66.4 Å². The first-order valence-corrected chi connectivity index (χ1v) is 21.1. The average Bonchev–Trinajstić information content (AvgIpc) is 3.80. The molecular formula is C59H40N2. The van der Waals surface area contributed by atoms with Gasteiger partial charge in [-0.1, -0.05) is 176 Å². The van der Waals surface area contributed by atoms with Gasteiger partial charge in [-0.15, -0.1) is 0 Å². The molecule has 0 aliphatic heterocycles. The van der Waals surface area contributed by atoms with Crippen molar-refractivity contribution in [3.05, 3.63) is 265 Å². The predicted octanol–water partition coefficient (Wildman–Crippen LogP) is 15.8. The number of rotatable bonds is 7. The first-order chi connectivity index (χ1) is 30.3. The first-order valence-electron chi connectivity index (χ1n) is 21.1. The molecular weight excluding hydrogens is 737 g/mol. The molecule has 10 aromatic rings. The van der Waals surface area contributed by atoms with E-state index >= 15 is 0 Å². The van der Waals surface area contributed by atoms with Crippen LogP contribution in [0.5, 0.6) is 0 Å². The molecule has 0 amide bonds. The van der Waals surface area contributed by atoms with E-state index in [0.717, 1.165) is 34.1 Å². The van der Waals surface area contributed by atoms with Gasteiger partial charge in [0.2, 0.25) is 0 Å². The summed E-state index contributed by atoms with van der Waals surface area (Å²) >= 11 is 0. The summed E-state index contributed by atoms with van der Waals surface area (Å²) < 4.78 is 0. The van der Waals surface area contributed by atoms with Crippen LogP contribution in [-0.4, -0.2) is 0 Å². The van der Waals surface area contributed by atoms with Gasteiger partial charge in [-0.2, -0.15) is 0 Å². The standard InChI is InChI=1S/C59H40N2/c1-4-17-41(18-5-1)43-31-34-47(35-32-43)60(45-21-6-2-7-22-45)49-37-38-51-50-25-12-14-27-53(50)59(56(51)40-49)54-28-15-13-26-52(54)58-55(59)29-16-30-57(58)61(46-23-8-3-9-24-46)48-36-33-42-19-10-11-20-44(42)39-48/h1-40H. The van der Waals surface area contributed by atoms with E-state index in [9.17, 15) is 0 Å². The summed E-state index contributed by atoms with van der Waals surface area (Å²) in [6.07, 6.45) is 0. The normalized spacial score (nSPS) is 14.3. The molecule has 0 fully saturated rings. The number of para-hydroxylation sites is 2. The Hall–Kier alpha value is -7.94. The maximum Gasteiger partial charge on any atom is 0.0727 e. The van der Waals surface area contributed by atoms with Crippen molar-refractivity contribution in [1.82, 2.24) is 0 Å². The molecule has 10 aromatic carbocycles.